The highest BCUT2D eigenvalue weighted by Gasteiger charge is 2.16. The van der Waals surface area contributed by atoms with Gasteiger partial charge in [0, 0.05) is 29.7 Å². The van der Waals surface area contributed by atoms with Gasteiger partial charge in [-0.15, -0.1) is 0 Å². The predicted octanol–water partition coefficient (Wildman–Crippen LogP) is 6.43. The maximum absolute atomic E-state index is 14.1. The van der Waals surface area contributed by atoms with E-state index in [2.05, 4.69) is 36.0 Å². The van der Waals surface area contributed by atoms with Crippen LogP contribution in [0.15, 0.2) is 85.2 Å². The van der Waals surface area contributed by atoms with Crippen molar-refractivity contribution >= 4 is 46.5 Å². The molecule has 0 saturated heterocycles. The zero-order valence-electron chi connectivity index (χ0n) is 24.9. The third-order valence-corrected chi connectivity index (χ3v) is 6.34. The number of anilines is 5. The van der Waals surface area contributed by atoms with Gasteiger partial charge in [-0.25, -0.2) is 24.6 Å². The molecule has 0 fully saturated rings. The fourth-order valence-electron chi connectivity index (χ4n) is 4.04. The normalized spacial score (nSPS) is 11.5. The minimum absolute atomic E-state index is 0.00820. The molecule has 3 aromatic carbocycles. The van der Waals surface area contributed by atoms with Gasteiger partial charge in [-0.2, -0.15) is 9.97 Å². The van der Waals surface area contributed by atoms with Crippen LogP contribution in [0.5, 0.6) is 17.2 Å². The van der Waals surface area contributed by atoms with Gasteiger partial charge in [0.2, 0.25) is 11.2 Å². The molecule has 47 heavy (non-hydrogen) atoms. The molecule has 0 amide bonds. The SMILES string of the molecule is CCOC(=O)c1cnc(Cl)nc1NOCc1ccccc1.Oc1cccc(Nc2ncc(F)c(Nc3ccc4c(c3)OCCO4)n2)c1. The number of hydrogen-bond acceptors (Lipinski definition) is 13. The number of fused-ring (bicyclic) bond motifs is 1. The van der Waals surface area contributed by atoms with E-state index >= 15 is 0 Å². The number of halogens is 2. The number of aromatic nitrogens is 4. The number of phenols is 1. The number of benzene rings is 3. The number of ether oxygens (including phenoxy) is 3. The lowest BCUT2D eigenvalue weighted by atomic mass is 10.2. The Balaban J connectivity index is 0.000000189. The van der Waals surface area contributed by atoms with Crippen LogP contribution in [-0.2, 0) is 16.2 Å². The summed E-state index contributed by atoms with van der Waals surface area (Å²) in [6.45, 7) is 3.25. The Bertz CT molecular complexity index is 1820. The van der Waals surface area contributed by atoms with Crippen LogP contribution in [0.2, 0.25) is 5.28 Å². The molecule has 4 N–H and O–H groups in total. The summed E-state index contributed by atoms with van der Waals surface area (Å²) in [4.78, 5) is 32.8. The Hall–Kier alpha value is -5.73. The molecule has 1 aliphatic heterocycles. The lowest BCUT2D eigenvalue weighted by Crippen LogP contribution is -2.15. The highest BCUT2D eigenvalue weighted by molar-refractivity contribution is 6.28. The molecule has 0 radical (unpaired) electrons. The van der Waals surface area contributed by atoms with Crippen molar-refractivity contribution in [1.82, 2.24) is 19.9 Å². The molecule has 0 atom stereocenters. The van der Waals surface area contributed by atoms with E-state index < -0.39 is 11.8 Å². The smallest absolute Gasteiger partial charge is 0.343 e. The van der Waals surface area contributed by atoms with Gasteiger partial charge in [-0.05, 0) is 48.4 Å². The maximum Gasteiger partial charge on any atom is 0.343 e. The molecule has 5 aromatic rings. The Morgan fingerprint density at radius 1 is 0.915 bits per heavy atom. The average molecular weight is 662 g/mol. The molecule has 0 aliphatic carbocycles. The van der Waals surface area contributed by atoms with Crippen molar-refractivity contribution in [1.29, 1.82) is 0 Å². The Kier molecular flexibility index (Phi) is 11.1. The summed E-state index contributed by atoms with van der Waals surface area (Å²) < 4.78 is 30.0. The van der Waals surface area contributed by atoms with Crippen LogP contribution in [0.1, 0.15) is 22.8 Å². The summed E-state index contributed by atoms with van der Waals surface area (Å²) in [5, 5.41) is 15.3. The van der Waals surface area contributed by atoms with Crippen LogP contribution in [0, 0.1) is 5.82 Å². The number of nitrogens with one attached hydrogen (secondary N) is 3. The minimum atomic E-state index is -0.596. The highest BCUT2D eigenvalue weighted by Crippen LogP contribution is 2.34. The van der Waals surface area contributed by atoms with Crippen molar-refractivity contribution in [3.8, 4) is 17.2 Å². The molecular formula is C32H29ClFN7O6. The molecule has 0 unspecified atom stereocenters. The van der Waals surface area contributed by atoms with Crippen LogP contribution in [0.25, 0.3) is 0 Å². The number of carbonyl (C=O) groups is 1. The number of esters is 1. The average Bonchev–Trinajstić information content (AvgIpc) is 3.07. The second-order valence-corrected chi connectivity index (χ2v) is 9.89. The monoisotopic (exact) mass is 661 g/mol. The number of phenolic OH excluding ortho intramolecular Hbond substituents is 1. The first kappa shape index (κ1) is 32.7. The molecule has 242 valence electrons. The zero-order chi connectivity index (χ0) is 33.0. The molecular weight excluding hydrogens is 633 g/mol. The summed E-state index contributed by atoms with van der Waals surface area (Å²) in [5.74, 6) is 0.582. The van der Waals surface area contributed by atoms with Crippen LogP contribution >= 0.6 is 11.6 Å². The largest absolute Gasteiger partial charge is 0.508 e. The van der Waals surface area contributed by atoms with Gasteiger partial charge < -0.3 is 30.0 Å². The zero-order valence-corrected chi connectivity index (χ0v) is 25.7. The van der Waals surface area contributed by atoms with Crippen LogP contribution < -0.4 is 25.6 Å². The maximum atomic E-state index is 14.1. The Labute approximate surface area is 273 Å². The van der Waals surface area contributed by atoms with Crippen molar-refractivity contribution in [3.05, 3.63) is 107 Å². The van der Waals surface area contributed by atoms with Crippen molar-refractivity contribution in [2.45, 2.75) is 13.5 Å². The van der Waals surface area contributed by atoms with E-state index in [1.807, 2.05) is 30.3 Å². The molecule has 0 spiro atoms. The minimum Gasteiger partial charge on any atom is -0.508 e. The first-order valence-corrected chi connectivity index (χ1v) is 14.6. The second kappa shape index (κ2) is 16.0. The lowest BCUT2D eigenvalue weighted by Gasteiger charge is -2.19. The van der Waals surface area contributed by atoms with Crippen molar-refractivity contribution in [2.24, 2.45) is 0 Å². The van der Waals surface area contributed by atoms with Gasteiger partial charge >= 0.3 is 5.97 Å². The number of carbonyl (C=O) groups excluding carboxylic acids is 1. The van der Waals surface area contributed by atoms with Crippen LogP contribution in [0.3, 0.4) is 0 Å². The van der Waals surface area contributed by atoms with Gasteiger partial charge in [0.25, 0.3) is 0 Å². The van der Waals surface area contributed by atoms with E-state index in [0.29, 0.717) is 42.7 Å². The van der Waals surface area contributed by atoms with E-state index in [9.17, 15) is 14.3 Å². The molecule has 13 nitrogen and oxygen atoms in total. The molecule has 3 heterocycles. The van der Waals surface area contributed by atoms with Crippen molar-refractivity contribution in [2.75, 3.05) is 35.9 Å². The fraction of sp³-hybridized carbons (Fsp3) is 0.156. The topological polar surface area (TPSA) is 162 Å². The standard InChI is InChI=1S/C18H15FN4O3.C14H14ClN3O3/c19-14-10-20-18(22-11-2-1-3-13(24)8-11)23-17(14)21-12-4-5-15-16(9-12)26-7-6-25-15;1-2-20-13(19)11-8-16-14(15)17-12(11)18-21-9-10-6-4-3-5-7-10/h1-5,8-10,24H,6-7H2,(H2,20,21,22,23);3-8H,2,9H2,1H3,(H,16,17,18). The van der Waals surface area contributed by atoms with Crippen LogP contribution in [0.4, 0.5) is 33.3 Å². The van der Waals surface area contributed by atoms with Gasteiger partial charge in [0.15, 0.2) is 29.0 Å². The second-order valence-electron chi connectivity index (χ2n) is 9.55. The Morgan fingerprint density at radius 2 is 1.70 bits per heavy atom. The molecule has 15 heteroatoms. The van der Waals surface area contributed by atoms with E-state index in [1.165, 1.54) is 12.3 Å². The molecule has 0 bridgehead atoms. The molecule has 6 rings (SSSR count). The quantitative estimate of drug-likeness (QED) is 0.0736. The van der Waals surface area contributed by atoms with Crippen LogP contribution in [-0.4, -0.2) is 50.8 Å². The number of rotatable bonds is 10. The van der Waals surface area contributed by atoms with Gasteiger partial charge in [0.05, 0.1) is 19.4 Å². The third kappa shape index (κ3) is 9.39. The van der Waals surface area contributed by atoms with E-state index in [4.69, 9.17) is 30.6 Å². The van der Waals surface area contributed by atoms with Crippen molar-refractivity contribution in [3.63, 3.8) is 0 Å². The highest BCUT2D eigenvalue weighted by atomic mass is 35.5. The van der Waals surface area contributed by atoms with Gasteiger partial charge in [0.1, 0.15) is 24.5 Å². The lowest BCUT2D eigenvalue weighted by molar-refractivity contribution is 0.0524. The first-order valence-electron chi connectivity index (χ1n) is 14.2. The van der Waals surface area contributed by atoms with Gasteiger partial charge in [-0.1, -0.05) is 36.4 Å². The Morgan fingerprint density at radius 3 is 2.49 bits per heavy atom. The number of hydrogen-bond donors (Lipinski definition) is 4. The first-order chi connectivity index (χ1) is 22.9. The predicted molar refractivity (Wildman–Crippen MR) is 172 cm³/mol. The summed E-state index contributed by atoms with van der Waals surface area (Å²) in [7, 11) is 0. The number of aromatic hydroxyl groups is 1. The summed E-state index contributed by atoms with van der Waals surface area (Å²) in [6.07, 6.45) is 2.36. The van der Waals surface area contributed by atoms with Gasteiger partial charge in [-0.3, -0.25) is 4.84 Å². The van der Waals surface area contributed by atoms with E-state index in [1.54, 1.807) is 43.3 Å². The fourth-order valence-corrected chi connectivity index (χ4v) is 4.18. The third-order valence-electron chi connectivity index (χ3n) is 6.16. The molecule has 1 aliphatic rings. The summed E-state index contributed by atoms with van der Waals surface area (Å²) >= 11 is 5.72. The van der Waals surface area contributed by atoms with Crippen molar-refractivity contribution < 1.29 is 33.3 Å². The number of nitrogens with zero attached hydrogens (tertiary/aromatic N) is 4. The molecule has 2 aromatic heterocycles. The summed E-state index contributed by atoms with van der Waals surface area (Å²) in [6, 6.07) is 21.3. The molecule has 0 saturated carbocycles. The summed E-state index contributed by atoms with van der Waals surface area (Å²) in [5.41, 5.74) is 4.93. The van der Waals surface area contributed by atoms with E-state index in [-0.39, 0.29) is 40.8 Å². The van der Waals surface area contributed by atoms with E-state index in [0.717, 1.165) is 11.8 Å².